The highest BCUT2D eigenvalue weighted by Gasteiger charge is 2.23. The van der Waals surface area contributed by atoms with Crippen LogP contribution in [0, 0.1) is 13.8 Å². The summed E-state index contributed by atoms with van der Waals surface area (Å²) in [5.41, 5.74) is 3.06. The number of methoxy groups -OCH3 is 1. The molecular weight excluding hydrogens is 408 g/mol. The van der Waals surface area contributed by atoms with Crippen LogP contribution in [-0.2, 0) is 13.1 Å². The fraction of sp³-hybridized carbons (Fsp3) is 0.304. The highest BCUT2D eigenvalue weighted by atomic mass is 16.5. The van der Waals surface area contributed by atoms with E-state index in [0.29, 0.717) is 29.1 Å². The van der Waals surface area contributed by atoms with Gasteiger partial charge < -0.3 is 19.6 Å². The van der Waals surface area contributed by atoms with E-state index < -0.39 is 0 Å². The summed E-state index contributed by atoms with van der Waals surface area (Å²) in [6.07, 6.45) is 7.10. The quantitative estimate of drug-likeness (QED) is 0.465. The van der Waals surface area contributed by atoms with Gasteiger partial charge in [-0.25, -0.2) is 0 Å². The van der Waals surface area contributed by atoms with Crippen molar-refractivity contribution in [3.05, 3.63) is 75.9 Å². The molecule has 0 saturated heterocycles. The van der Waals surface area contributed by atoms with Gasteiger partial charge in [-0.3, -0.25) is 19.3 Å². The number of hydrogen-bond acceptors (Lipinski definition) is 5. The molecule has 0 aliphatic carbocycles. The van der Waals surface area contributed by atoms with Gasteiger partial charge in [-0.2, -0.15) is 5.10 Å². The second-order valence-corrected chi connectivity index (χ2v) is 7.81. The lowest BCUT2D eigenvalue weighted by Crippen LogP contribution is -2.28. The topological polar surface area (TPSA) is 107 Å². The summed E-state index contributed by atoms with van der Waals surface area (Å²) in [7, 11) is 1.51. The lowest BCUT2D eigenvalue weighted by Gasteiger charge is -2.18. The fourth-order valence-electron chi connectivity index (χ4n) is 4.19. The Balaban J connectivity index is 1.67. The molecular formula is C23H26N6O3. The van der Waals surface area contributed by atoms with Crippen LogP contribution in [0.5, 0.6) is 5.75 Å². The standard InChI is InChI=1S/C23H26N6O3/c1-14-10-20(32-4)18(22(30)27-14)11-25-23(31)21-16(3)29(19-12-24-8-6-17(19)21)15(2)13-28-9-5-7-26-28/h5-10,12,15H,11,13H2,1-4H3,(H,25,31)(H,27,30). The summed E-state index contributed by atoms with van der Waals surface area (Å²) in [5, 5.41) is 7.99. The average Bonchev–Trinajstić information content (AvgIpc) is 3.37. The van der Waals surface area contributed by atoms with Crippen LogP contribution in [0.3, 0.4) is 0 Å². The second-order valence-electron chi connectivity index (χ2n) is 7.81. The molecule has 4 aromatic heterocycles. The van der Waals surface area contributed by atoms with Gasteiger partial charge in [0.1, 0.15) is 5.75 Å². The molecule has 4 heterocycles. The Hall–Kier alpha value is -3.88. The third kappa shape index (κ3) is 3.89. The lowest BCUT2D eigenvalue weighted by atomic mass is 10.1. The average molecular weight is 435 g/mol. The van der Waals surface area contributed by atoms with Gasteiger partial charge in [0.15, 0.2) is 0 Å². The SMILES string of the molecule is COc1cc(C)[nH]c(=O)c1CNC(=O)c1c(C)n(C(C)Cn2cccn2)c2cnccc12. The molecule has 1 amide bonds. The lowest BCUT2D eigenvalue weighted by molar-refractivity contribution is 0.0951. The molecule has 1 atom stereocenters. The smallest absolute Gasteiger partial charge is 0.256 e. The van der Waals surface area contributed by atoms with Crippen LogP contribution in [0.1, 0.15) is 40.3 Å². The number of fused-ring (bicyclic) bond motifs is 1. The third-order valence-electron chi connectivity index (χ3n) is 5.61. The first-order valence-corrected chi connectivity index (χ1v) is 10.4. The zero-order valence-electron chi connectivity index (χ0n) is 18.5. The van der Waals surface area contributed by atoms with Gasteiger partial charge in [-0.15, -0.1) is 0 Å². The Kier molecular flexibility index (Phi) is 5.81. The zero-order chi connectivity index (χ0) is 22.8. The Labute approximate surface area is 185 Å². The maximum Gasteiger partial charge on any atom is 0.256 e. The van der Waals surface area contributed by atoms with Crippen molar-refractivity contribution < 1.29 is 9.53 Å². The molecule has 9 heteroatoms. The fourth-order valence-corrected chi connectivity index (χ4v) is 4.19. The zero-order valence-corrected chi connectivity index (χ0v) is 18.5. The Bertz CT molecular complexity index is 1320. The Morgan fingerprint density at radius 2 is 2.12 bits per heavy atom. The van der Waals surface area contributed by atoms with E-state index in [4.69, 9.17) is 4.74 Å². The first kappa shape index (κ1) is 21.4. The largest absolute Gasteiger partial charge is 0.496 e. The Morgan fingerprint density at radius 1 is 1.31 bits per heavy atom. The Morgan fingerprint density at radius 3 is 2.84 bits per heavy atom. The van der Waals surface area contributed by atoms with Gasteiger partial charge in [0.05, 0.1) is 49.1 Å². The van der Waals surface area contributed by atoms with Gasteiger partial charge in [-0.05, 0) is 39.0 Å². The van der Waals surface area contributed by atoms with Crippen LogP contribution in [0.4, 0.5) is 0 Å². The number of aryl methyl sites for hydroxylation is 1. The van der Waals surface area contributed by atoms with Crippen LogP contribution < -0.4 is 15.6 Å². The third-order valence-corrected chi connectivity index (χ3v) is 5.61. The number of carbonyl (C=O) groups is 1. The molecule has 0 spiro atoms. The van der Waals surface area contributed by atoms with E-state index in [0.717, 1.165) is 16.6 Å². The first-order chi connectivity index (χ1) is 15.4. The predicted octanol–water partition coefficient (Wildman–Crippen LogP) is 2.74. The van der Waals surface area contributed by atoms with Gasteiger partial charge in [0.2, 0.25) is 0 Å². The highest BCUT2D eigenvalue weighted by molar-refractivity contribution is 6.08. The minimum atomic E-state index is -0.279. The molecule has 9 nitrogen and oxygen atoms in total. The van der Waals surface area contributed by atoms with Crippen LogP contribution in [-0.4, -0.2) is 37.3 Å². The number of ether oxygens (including phenoxy) is 1. The summed E-state index contributed by atoms with van der Waals surface area (Å²) in [5.74, 6) is 0.188. The normalized spacial score (nSPS) is 12.1. The highest BCUT2D eigenvalue weighted by Crippen LogP contribution is 2.29. The summed E-state index contributed by atoms with van der Waals surface area (Å²) in [4.78, 5) is 32.7. The number of amides is 1. The summed E-state index contributed by atoms with van der Waals surface area (Å²) in [6.45, 7) is 6.50. The van der Waals surface area contributed by atoms with Crippen LogP contribution >= 0.6 is 0 Å². The number of hydrogen-bond donors (Lipinski definition) is 2. The molecule has 0 fully saturated rings. The number of nitrogens with one attached hydrogen (secondary N) is 2. The van der Waals surface area contributed by atoms with Crippen molar-refractivity contribution in [3.8, 4) is 5.75 Å². The van der Waals surface area contributed by atoms with Crippen molar-refractivity contribution in [3.63, 3.8) is 0 Å². The molecule has 32 heavy (non-hydrogen) atoms. The van der Waals surface area contributed by atoms with E-state index in [9.17, 15) is 9.59 Å². The number of rotatable bonds is 7. The molecule has 4 aromatic rings. The molecule has 0 saturated carbocycles. The van der Waals surface area contributed by atoms with Crippen molar-refractivity contribution in [1.29, 1.82) is 0 Å². The minimum absolute atomic E-state index is 0.0446. The monoisotopic (exact) mass is 434 g/mol. The van der Waals surface area contributed by atoms with E-state index in [-0.39, 0.29) is 24.1 Å². The molecule has 4 rings (SSSR count). The van der Waals surface area contributed by atoms with Crippen LogP contribution in [0.2, 0.25) is 0 Å². The van der Waals surface area contributed by atoms with Crippen molar-refractivity contribution >= 4 is 16.8 Å². The minimum Gasteiger partial charge on any atom is -0.496 e. The van der Waals surface area contributed by atoms with Crippen LogP contribution in [0.15, 0.2) is 47.8 Å². The van der Waals surface area contributed by atoms with E-state index in [1.807, 2.05) is 29.9 Å². The van der Waals surface area contributed by atoms with Gasteiger partial charge in [0, 0.05) is 35.4 Å². The van der Waals surface area contributed by atoms with E-state index in [2.05, 4.69) is 31.9 Å². The number of carbonyl (C=O) groups excluding carboxylic acids is 1. The summed E-state index contributed by atoms with van der Waals surface area (Å²) >= 11 is 0. The molecule has 166 valence electrons. The number of aromatic amines is 1. The molecule has 0 bridgehead atoms. The molecule has 0 aliphatic rings. The maximum atomic E-state index is 13.3. The van der Waals surface area contributed by atoms with E-state index in [1.165, 1.54) is 7.11 Å². The van der Waals surface area contributed by atoms with Crippen molar-refractivity contribution in [2.45, 2.75) is 39.9 Å². The molecule has 1 unspecified atom stereocenters. The van der Waals surface area contributed by atoms with E-state index >= 15 is 0 Å². The van der Waals surface area contributed by atoms with Gasteiger partial charge >= 0.3 is 0 Å². The summed E-state index contributed by atoms with van der Waals surface area (Å²) in [6, 6.07) is 5.51. The van der Waals surface area contributed by atoms with Crippen molar-refractivity contribution in [2.75, 3.05) is 7.11 Å². The molecule has 0 aromatic carbocycles. The van der Waals surface area contributed by atoms with Crippen molar-refractivity contribution in [1.82, 2.24) is 29.6 Å². The predicted molar refractivity (Wildman–Crippen MR) is 121 cm³/mol. The number of nitrogens with zero attached hydrogens (tertiary/aromatic N) is 4. The maximum absolute atomic E-state index is 13.3. The number of H-pyrrole nitrogens is 1. The summed E-state index contributed by atoms with van der Waals surface area (Å²) < 4.78 is 9.30. The van der Waals surface area contributed by atoms with E-state index in [1.54, 1.807) is 31.6 Å². The molecule has 2 N–H and O–H groups in total. The number of pyridine rings is 2. The number of aromatic nitrogens is 5. The van der Waals surface area contributed by atoms with Crippen LogP contribution in [0.25, 0.3) is 10.9 Å². The molecule has 0 aliphatic heterocycles. The molecule has 0 radical (unpaired) electrons. The first-order valence-electron chi connectivity index (χ1n) is 10.4. The van der Waals surface area contributed by atoms with Gasteiger partial charge in [0.25, 0.3) is 11.5 Å². The van der Waals surface area contributed by atoms with Crippen molar-refractivity contribution in [2.24, 2.45) is 0 Å². The van der Waals surface area contributed by atoms with Gasteiger partial charge in [-0.1, -0.05) is 0 Å². The second kappa shape index (κ2) is 8.70.